The second-order valence-corrected chi connectivity index (χ2v) is 4.87. The first-order valence-corrected chi connectivity index (χ1v) is 6.82. The molecule has 3 aromatic heterocycles. The highest BCUT2D eigenvalue weighted by Crippen LogP contribution is 2.15. The highest BCUT2D eigenvalue weighted by atomic mass is 16.1. The first-order valence-electron chi connectivity index (χ1n) is 6.82. The van der Waals surface area contributed by atoms with E-state index >= 15 is 0 Å². The summed E-state index contributed by atoms with van der Waals surface area (Å²) in [5.41, 5.74) is 2.04. The molecule has 2 N–H and O–H groups in total. The lowest BCUT2D eigenvalue weighted by atomic mass is 10.1. The van der Waals surface area contributed by atoms with Gasteiger partial charge in [0.25, 0.3) is 5.91 Å². The number of fused-ring (bicyclic) bond motifs is 2. The maximum Gasteiger partial charge on any atom is 0.253 e. The van der Waals surface area contributed by atoms with Gasteiger partial charge in [-0.05, 0) is 18.2 Å². The summed E-state index contributed by atoms with van der Waals surface area (Å²) in [6.07, 6.45) is 3.56. The summed E-state index contributed by atoms with van der Waals surface area (Å²) < 4.78 is 1.84. The molecule has 0 unspecified atom stereocenters. The van der Waals surface area contributed by atoms with E-state index in [9.17, 15) is 4.79 Å². The van der Waals surface area contributed by atoms with E-state index in [1.54, 1.807) is 12.3 Å². The quantitative estimate of drug-likeness (QED) is 0.599. The summed E-state index contributed by atoms with van der Waals surface area (Å²) >= 11 is 0. The van der Waals surface area contributed by atoms with Crippen LogP contribution in [-0.4, -0.2) is 30.7 Å². The first kappa shape index (κ1) is 12.5. The molecule has 1 aromatic carbocycles. The molecule has 1 amide bonds. The molecule has 0 saturated heterocycles. The van der Waals surface area contributed by atoms with Gasteiger partial charge in [0.2, 0.25) is 0 Å². The summed E-state index contributed by atoms with van der Waals surface area (Å²) in [5, 5.41) is 18.7. The van der Waals surface area contributed by atoms with Crippen LogP contribution in [0.1, 0.15) is 16.2 Å². The molecule has 0 saturated carbocycles. The topological polar surface area (TPSA) is 88.0 Å². The number of para-hydroxylation sites is 1. The molecule has 0 atom stereocenters. The fraction of sp³-hybridized carbons (Fsp3) is 0.0667. The Morgan fingerprint density at radius 3 is 3.09 bits per heavy atom. The lowest BCUT2D eigenvalue weighted by Crippen LogP contribution is -2.24. The van der Waals surface area contributed by atoms with Gasteiger partial charge in [0.1, 0.15) is 0 Å². The van der Waals surface area contributed by atoms with Crippen molar-refractivity contribution in [1.29, 1.82) is 0 Å². The van der Waals surface area contributed by atoms with Crippen molar-refractivity contribution in [3.63, 3.8) is 0 Å². The fourth-order valence-corrected chi connectivity index (χ4v) is 2.42. The maximum atomic E-state index is 12.4. The summed E-state index contributed by atoms with van der Waals surface area (Å²) in [6, 6.07) is 11.2. The van der Waals surface area contributed by atoms with Gasteiger partial charge in [0.05, 0.1) is 23.8 Å². The van der Waals surface area contributed by atoms with Crippen molar-refractivity contribution in [2.75, 3.05) is 0 Å². The lowest BCUT2D eigenvalue weighted by molar-refractivity contribution is 0.0951. The van der Waals surface area contributed by atoms with Crippen LogP contribution < -0.4 is 5.32 Å². The van der Waals surface area contributed by atoms with Crippen molar-refractivity contribution in [2.45, 2.75) is 6.54 Å². The van der Waals surface area contributed by atoms with E-state index in [4.69, 9.17) is 0 Å². The van der Waals surface area contributed by atoms with Gasteiger partial charge in [-0.3, -0.25) is 14.3 Å². The third kappa shape index (κ3) is 1.99. The first-order chi connectivity index (χ1) is 10.8. The normalized spacial score (nSPS) is 11.1. The zero-order valence-electron chi connectivity index (χ0n) is 11.5. The Morgan fingerprint density at radius 1 is 1.18 bits per heavy atom. The molecular weight excluding hydrogens is 280 g/mol. The number of carbonyl (C=O) groups excluding carboxylic acids is 1. The number of hydrogen-bond acceptors (Lipinski definition) is 4. The number of H-pyrrole nitrogens is 1. The Balaban J connectivity index is 1.59. The summed E-state index contributed by atoms with van der Waals surface area (Å²) in [7, 11) is 0. The molecular formula is C15H12N6O. The molecule has 0 fully saturated rings. The second kappa shape index (κ2) is 4.96. The number of nitrogens with zero attached hydrogens (tertiary/aromatic N) is 4. The third-order valence-corrected chi connectivity index (χ3v) is 3.51. The summed E-state index contributed by atoms with van der Waals surface area (Å²) in [6.45, 7) is 0.300. The van der Waals surface area contributed by atoms with Crippen LogP contribution in [0.15, 0.2) is 48.8 Å². The minimum atomic E-state index is -0.178. The van der Waals surface area contributed by atoms with Crippen molar-refractivity contribution in [1.82, 2.24) is 30.1 Å². The number of amides is 1. The third-order valence-electron chi connectivity index (χ3n) is 3.51. The molecule has 0 aliphatic rings. The number of nitrogens with one attached hydrogen (secondary N) is 2. The minimum Gasteiger partial charge on any atom is -0.345 e. The van der Waals surface area contributed by atoms with Crippen LogP contribution in [0, 0.1) is 0 Å². The van der Waals surface area contributed by atoms with E-state index in [2.05, 4.69) is 25.7 Å². The van der Waals surface area contributed by atoms with Gasteiger partial charge >= 0.3 is 0 Å². The van der Waals surface area contributed by atoms with E-state index in [1.165, 1.54) is 0 Å². The summed E-state index contributed by atoms with van der Waals surface area (Å²) in [5.74, 6) is 0.503. The molecule has 0 bridgehead atoms. The van der Waals surface area contributed by atoms with Crippen LogP contribution in [-0.2, 0) is 6.54 Å². The van der Waals surface area contributed by atoms with Crippen LogP contribution in [0.2, 0.25) is 0 Å². The van der Waals surface area contributed by atoms with Gasteiger partial charge in [0, 0.05) is 11.6 Å². The van der Waals surface area contributed by atoms with Crippen molar-refractivity contribution in [2.24, 2.45) is 0 Å². The molecule has 22 heavy (non-hydrogen) atoms. The monoisotopic (exact) mass is 292 g/mol. The maximum absolute atomic E-state index is 12.4. The number of aromatic amines is 1. The summed E-state index contributed by atoms with van der Waals surface area (Å²) in [4.78, 5) is 12.4. The van der Waals surface area contributed by atoms with E-state index in [1.807, 2.05) is 40.9 Å². The average Bonchev–Trinajstić information content (AvgIpc) is 3.19. The highest BCUT2D eigenvalue weighted by molar-refractivity contribution is 6.05. The van der Waals surface area contributed by atoms with Crippen LogP contribution in [0.5, 0.6) is 0 Å². The highest BCUT2D eigenvalue weighted by Gasteiger charge is 2.12. The van der Waals surface area contributed by atoms with Gasteiger partial charge in [-0.15, -0.1) is 10.2 Å². The van der Waals surface area contributed by atoms with Gasteiger partial charge in [-0.25, -0.2) is 0 Å². The number of benzene rings is 1. The molecule has 4 aromatic rings. The molecule has 0 radical (unpaired) electrons. The smallest absolute Gasteiger partial charge is 0.253 e. The van der Waals surface area contributed by atoms with Gasteiger partial charge in [-0.2, -0.15) is 5.10 Å². The Hall–Kier alpha value is -3.22. The SMILES string of the molecule is O=C(NCc1nnc2ccccn12)c1cccc2cn[nH]c12. The minimum absolute atomic E-state index is 0.178. The van der Waals surface area contributed by atoms with Gasteiger partial charge < -0.3 is 5.32 Å². The Morgan fingerprint density at radius 2 is 2.14 bits per heavy atom. The van der Waals surface area contributed by atoms with Crippen LogP contribution in [0.25, 0.3) is 16.6 Å². The van der Waals surface area contributed by atoms with E-state index < -0.39 is 0 Å². The van der Waals surface area contributed by atoms with Crippen LogP contribution >= 0.6 is 0 Å². The van der Waals surface area contributed by atoms with Crippen LogP contribution in [0.4, 0.5) is 0 Å². The zero-order chi connectivity index (χ0) is 14.9. The van der Waals surface area contributed by atoms with Gasteiger partial charge in [0.15, 0.2) is 11.5 Å². The predicted octanol–water partition coefficient (Wildman–Crippen LogP) is 1.54. The fourth-order valence-electron chi connectivity index (χ4n) is 2.42. The van der Waals surface area contributed by atoms with Crippen LogP contribution in [0.3, 0.4) is 0 Å². The Bertz CT molecular complexity index is 970. The van der Waals surface area contributed by atoms with Crippen molar-refractivity contribution in [3.05, 3.63) is 60.2 Å². The number of carbonyl (C=O) groups is 1. The molecule has 7 heteroatoms. The average molecular weight is 292 g/mol. The molecule has 0 aliphatic carbocycles. The standard InChI is InChI=1S/C15H12N6O/c22-15(11-5-3-4-10-8-17-20-14(10)11)16-9-13-19-18-12-6-1-2-7-21(12)13/h1-8H,9H2,(H,16,22)(H,17,20). The van der Waals surface area contributed by atoms with Crippen molar-refractivity contribution >= 4 is 22.5 Å². The number of aromatic nitrogens is 5. The number of pyridine rings is 1. The van der Waals surface area contributed by atoms with E-state index in [-0.39, 0.29) is 5.91 Å². The van der Waals surface area contributed by atoms with Crippen molar-refractivity contribution < 1.29 is 4.79 Å². The molecule has 0 spiro atoms. The predicted molar refractivity (Wildman–Crippen MR) is 80.3 cm³/mol. The lowest BCUT2D eigenvalue weighted by Gasteiger charge is -2.05. The second-order valence-electron chi connectivity index (χ2n) is 4.87. The zero-order valence-corrected chi connectivity index (χ0v) is 11.5. The molecule has 4 rings (SSSR count). The van der Waals surface area contributed by atoms with Gasteiger partial charge in [-0.1, -0.05) is 18.2 Å². The molecule has 108 valence electrons. The Labute approximate surface area is 125 Å². The number of rotatable bonds is 3. The van der Waals surface area contributed by atoms with E-state index in [0.29, 0.717) is 17.9 Å². The van der Waals surface area contributed by atoms with E-state index in [0.717, 1.165) is 16.6 Å². The molecule has 7 nitrogen and oxygen atoms in total. The molecule has 3 heterocycles. The van der Waals surface area contributed by atoms with Crippen molar-refractivity contribution in [3.8, 4) is 0 Å². The largest absolute Gasteiger partial charge is 0.345 e. The molecule has 0 aliphatic heterocycles. The Kier molecular flexibility index (Phi) is 2.82. The number of hydrogen-bond donors (Lipinski definition) is 2.